The Hall–Kier alpha value is -2.63. The van der Waals surface area contributed by atoms with Crippen molar-refractivity contribution in [1.29, 1.82) is 0 Å². The van der Waals surface area contributed by atoms with Crippen LogP contribution in [0.25, 0.3) is 0 Å². The quantitative estimate of drug-likeness (QED) is 0.371. The van der Waals surface area contributed by atoms with Crippen molar-refractivity contribution in [3.63, 3.8) is 0 Å². The Labute approximate surface area is 104 Å². The highest BCUT2D eigenvalue weighted by Gasteiger charge is 2.05. The van der Waals surface area contributed by atoms with Gasteiger partial charge < -0.3 is 15.7 Å². The third-order valence-corrected chi connectivity index (χ3v) is 2.19. The molecule has 0 saturated heterocycles. The second kappa shape index (κ2) is 5.13. The molecule has 1 aromatic carbocycles. The molecular weight excluding hydrogens is 232 g/mol. The summed E-state index contributed by atoms with van der Waals surface area (Å²) in [7, 11) is 0. The number of oxime groups is 1. The molecule has 0 aliphatic carbocycles. The van der Waals surface area contributed by atoms with Crippen LogP contribution in [0.4, 0.5) is 0 Å². The van der Waals surface area contributed by atoms with Crippen LogP contribution in [0, 0.1) is 6.92 Å². The summed E-state index contributed by atoms with van der Waals surface area (Å²) < 4.78 is 5.53. The lowest BCUT2D eigenvalue weighted by Gasteiger charge is -2.05. The van der Waals surface area contributed by atoms with Gasteiger partial charge in [-0.05, 0) is 24.6 Å². The number of rotatable bonds is 3. The number of hydrogen-bond donors (Lipinski definition) is 2. The summed E-state index contributed by atoms with van der Waals surface area (Å²) in [5.74, 6) is 0.822. The normalized spacial score (nSPS) is 11.3. The van der Waals surface area contributed by atoms with E-state index in [1.807, 2.05) is 31.2 Å². The number of hydrogen-bond acceptors (Lipinski definition) is 5. The van der Waals surface area contributed by atoms with Gasteiger partial charge in [0.15, 0.2) is 5.84 Å². The molecule has 6 nitrogen and oxygen atoms in total. The van der Waals surface area contributed by atoms with Crippen LogP contribution in [-0.4, -0.2) is 21.0 Å². The first-order chi connectivity index (χ1) is 8.69. The summed E-state index contributed by atoms with van der Waals surface area (Å²) in [6, 6.07) is 7.53. The van der Waals surface area contributed by atoms with Crippen LogP contribution < -0.4 is 10.5 Å². The van der Waals surface area contributed by atoms with Crippen molar-refractivity contribution in [3.05, 3.63) is 47.9 Å². The molecule has 2 aromatic rings. The minimum absolute atomic E-state index is 0.114. The van der Waals surface area contributed by atoms with Crippen molar-refractivity contribution in [2.75, 3.05) is 0 Å². The van der Waals surface area contributed by atoms with Gasteiger partial charge in [0.1, 0.15) is 11.4 Å². The number of aryl methyl sites for hydroxylation is 1. The van der Waals surface area contributed by atoms with Gasteiger partial charge in [-0.2, -0.15) is 0 Å². The molecule has 2 rings (SSSR count). The second-order valence-corrected chi connectivity index (χ2v) is 3.65. The van der Waals surface area contributed by atoms with E-state index in [0.29, 0.717) is 5.75 Å². The van der Waals surface area contributed by atoms with Gasteiger partial charge in [-0.3, -0.25) is 4.98 Å². The number of amidine groups is 1. The van der Waals surface area contributed by atoms with Crippen molar-refractivity contribution < 1.29 is 9.94 Å². The molecular formula is C12H12N4O2. The molecule has 18 heavy (non-hydrogen) atoms. The first-order valence-electron chi connectivity index (χ1n) is 5.23. The van der Waals surface area contributed by atoms with Gasteiger partial charge in [-0.1, -0.05) is 17.3 Å². The predicted molar refractivity (Wildman–Crippen MR) is 65.8 cm³/mol. The van der Waals surface area contributed by atoms with Crippen LogP contribution in [0.1, 0.15) is 11.3 Å². The molecule has 3 N–H and O–H groups in total. The molecule has 0 unspecified atom stereocenters. The number of nitrogens with zero attached hydrogens (tertiary/aromatic N) is 3. The number of nitrogens with two attached hydrogens (primary N) is 1. The smallest absolute Gasteiger partial charge is 0.238 e. The molecule has 1 aromatic heterocycles. The molecule has 0 fully saturated rings. The second-order valence-electron chi connectivity index (χ2n) is 3.65. The fraction of sp³-hybridized carbons (Fsp3) is 0.0833. The molecule has 0 aliphatic heterocycles. The van der Waals surface area contributed by atoms with Crippen molar-refractivity contribution in [2.24, 2.45) is 10.9 Å². The summed E-state index contributed by atoms with van der Waals surface area (Å²) in [5, 5.41) is 11.4. The van der Waals surface area contributed by atoms with Gasteiger partial charge in [-0.25, -0.2) is 4.98 Å². The Morgan fingerprint density at radius 1 is 1.39 bits per heavy atom. The van der Waals surface area contributed by atoms with E-state index >= 15 is 0 Å². The Kier molecular flexibility index (Phi) is 3.38. The van der Waals surface area contributed by atoms with E-state index < -0.39 is 0 Å². The fourth-order valence-electron chi connectivity index (χ4n) is 1.37. The lowest BCUT2D eigenvalue weighted by Crippen LogP contribution is -2.15. The highest BCUT2D eigenvalue weighted by atomic mass is 16.5. The highest BCUT2D eigenvalue weighted by molar-refractivity contribution is 5.94. The van der Waals surface area contributed by atoms with E-state index in [1.54, 1.807) is 0 Å². The minimum atomic E-state index is -0.114. The summed E-state index contributed by atoms with van der Waals surface area (Å²) >= 11 is 0. The number of benzene rings is 1. The third kappa shape index (κ3) is 2.73. The van der Waals surface area contributed by atoms with Gasteiger partial charge >= 0.3 is 0 Å². The van der Waals surface area contributed by atoms with Crippen molar-refractivity contribution >= 4 is 5.84 Å². The molecule has 0 aliphatic rings. The van der Waals surface area contributed by atoms with Gasteiger partial charge in [-0.15, -0.1) is 0 Å². The Morgan fingerprint density at radius 3 is 2.94 bits per heavy atom. The molecule has 0 bridgehead atoms. The average molecular weight is 244 g/mol. The van der Waals surface area contributed by atoms with Crippen LogP contribution >= 0.6 is 0 Å². The highest BCUT2D eigenvalue weighted by Crippen LogP contribution is 2.19. The Morgan fingerprint density at radius 2 is 2.22 bits per heavy atom. The SMILES string of the molecule is Cc1cccc(Oc2cncc(/C(N)=N/O)n2)c1. The minimum Gasteiger partial charge on any atom is -0.437 e. The van der Waals surface area contributed by atoms with Gasteiger partial charge in [0.25, 0.3) is 0 Å². The van der Waals surface area contributed by atoms with Crippen molar-refractivity contribution in [2.45, 2.75) is 6.92 Å². The Bertz CT molecular complexity index is 584. The number of aromatic nitrogens is 2. The van der Waals surface area contributed by atoms with E-state index in [9.17, 15) is 0 Å². The van der Waals surface area contributed by atoms with Crippen molar-refractivity contribution in [3.8, 4) is 11.6 Å². The van der Waals surface area contributed by atoms with E-state index in [2.05, 4.69) is 15.1 Å². The van der Waals surface area contributed by atoms with Gasteiger partial charge in [0, 0.05) is 0 Å². The zero-order chi connectivity index (χ0) is 13.0. The molecule has 6 heteroatoms. The molecule has 0 amide bonds. The van der Waals surface area contributed by atoms with E-state index in [0.717, 1.165) is 5.56 Å². The summed E-state index contributed by atoms with van der Waals surface area (Å²) in [5.41, 5.74) is 6.75. The van der Waals surface area contributed by atoms with E-state index in [4.69, 9.17) is 15.7 Å². The average Bonchev–Trinajstić information content (AvgIpc) is 2.38. The molecule has 1 heterocycles. The summed E-state index contributed by atoms with van der Waals surface area (Å²) in [4.78, 5) is 7.98. The van der Waals surface area contributed by atoms with Gasteiger partial charge in [0.05, 0.1) is 12.4 Å². The van der Waals surface area contributed by atoms with Crippen LogP contribution in [0.15, 0.2) is 41.8 Å². The maximum atomic E-state index is 8.56. The third-order valence-electron chi connectivity index (χ3n) is 2.19. The zero-order valence-corrected chi connectivity index (χ0v) is 9.74. The van der Waals surface area contributed by atoms with Crippen LogP contribution in [-0.2, 0) is 0 Å². The number of ether oxygens (including phenoxy) is 1. The fourth-order valence-corrected chi connectivity index (χ4v) is 1.37. The predicted octanol–water partition coefficient (Wildman–Crippen LogP) is 1.67. The van der Waals surface area contributed by atoms with Crippen LogP contribution in [0.2, 0.25) is 0 Å². The Balaban J connectivity index is 2.24. The standard InChI is InChI=1S/C12H12N4O2/c1-8-3-2-4-9(5-8)18-11-7-14-6-10(15-11)12(13)16-17/h2-7,17H,1H3,(H2,13,16). The first kappa shape index (κ1) is 11.8. The maximum Gasteiger partial charge on any atom is 0.238 e. The van der Waals surface area contributed by atoms with Crippen molar-refractivity contribution in [1.82, 2.24) is 9.97 Å². The largest absolute Gasteiger partial charge is 0.437 e. The van der Waals surface area contributed by atoms with Gasteiger partial charge in [0.2, 0.25) is 5.88 Å². The first-order valence-corrected chi connectivity index (χ1v) is 5.23. The lowest BCUT2D eigenvalue weighted by atomic mass is 10.2. The monoisotopic (exact) mass is 244 g/mol. The molecule has 0 radical (unpaired) electrons. The van der Waals surface area contributed by atoms with Crippen LogP contribution in [0.3, 0.4) is 0 Å². The molecule has 0 spiro atoms. The molecule has 0 saturated carbocycles. The van der Waals surface area contributed by atoms with E-state index in [-0.39, 0.29) is 17.4 Å². The van der Waals surface area contributed by atoms with E-state index in [1.165, 1.54) is 12.4 Å². The molecule has 92 valence electrons. The lowest BCUT2D eigenvalue weighted by molar-refractivity contribution is 0.318. The maximum absolute atomic E-state index is 8.56. The molecule has 0 atom stereocenters. The summed E-state index contributed by atoms with van der Waals surface area (Å²) in [6.07, 6.45) is 2.84. The van der Waals surface area contributed by atoms with Crippen LogP contribution in [0.5, 0.6) is 11.6 Å². The summed E-state index contributed by atoms with van der Waals surface area (Å²) in [6.45, 7) is 1.96. The topological polar surface area (TPSA) is 93.6 Å². The zero-order valence-electron chi connectivity index (χ0n) is 9.74.